The molecule has 140 valence electrons. The van der Waals surface area contributed by atoms with Crippen molar-refractivity contribution in [3.8, 4) is 11.5 Å². The van der Waals surface area contributed by atoms with Crippen LogP contribution in [0.4, 0.5) is 0 Å². The molecule has 2 unspecified atom stereocenters. The molecule has 26 heavy (non-hydrogen) atoms. The Kier molecular flexibility index (Phi) is 4.81. The minimum absolute atomic E-state index is 0.0926. The fourth-order valence-corrected chi connectivity index (χ4v) is 5.37. The van der Waals surface area contributed by atoms with Crippen molar-refractivity contribution in [3.63, 3.8) is 0 Å². The molecular formula is C24H32O2. The fourth-order valence-electron chi connectivity index (χ4n) is 5.37. The van der Waals surface area contributed by atoms with Crippen LogP contribution in [0.15, 0.2) is 24.3 Å². The predicted molar refractivity (Wildman–Crippen MR) is 108 cm³/mol. The van der Waals surface area contributed by atoms with Crippen molar-refractivity contribution in [1.82, 2.24) is 0 Å². The summed E-state index contributed by atoms with van der Waals surface area (Å²) in [4.78, 5) is 0. The molecule has 1 saturated carbocycles. The molecular weight excluding hydrogens is 320 g/mol. The molecule has 2 atom stereocenters. The molecule has 0 bridgehead atoms. The monoisotopic (exact) mass is 352 g/mol. The molecule has 0 aliphatic heterocycles. The average molecular weight is 353 g/mol. The van der Waals surface area contributed by atoms with E-state index in [1.807, 2.05) is 27.7 Å². The van der Waals surface area contributed by atoms with E-state index in [9.17, 15) is 10.2 Å². The van der Waals surface area contributed by atoms with Crippen LogP contribution in [-0.2, 0) is 5.41 Å². The van der Waals surface area contributed by atoms with Crippen molar-refractivity contribution in [2.24, 2.45) is 11.8 Å². The third-order valence-corrected chi connectivity index (χ3v) is 6.77. The number of aryl methyl sites for hydroxylation is 4. The normalized spacial score (nSPS) is 22.4. The summed E-state index contributed by atoms with van der Waals surface area (Å²) >= 11 is 0. The number of hydrogen-bond donors (Lipinski definition) is 2. The smallest absolute Gasteiger partial charge is 0.121 e. The number of phenolic OH excluding ortho intramolecular Hbond substituents is 2. The van der Waals surface area contributed by atoms with E-state index in [-0.39, 0.29) is 5.41 Å². The summed E-state index contributed by atoms with van der Waals surface area (Å²) in [6.45, 7) is 12.7. The highest BCUT2D eigenvalue weighted by Gasteiger charge is 2.46. The predicted octanol–water partition coefficient (Wildman–Crippen LogP) is 6.07. The lowest BCUT2D eigenvalue weighted by molar-refractivity contribution is 0.167. The maximum Gasteiger partial charge on any atom is 0.121 e. The van der Waals surface area contributed by atoms with Gasteiger partial charge in [-0.2, -0.15) is 0 Å². The van der Waals surface area contributed by atoms with Gasteiger partial charge in [0.25, 0.3) is 0 Å². The highest BCUT2D eigenvalue weighted by atomic mass is 16.3. The Bertz CT molecular complexity index is 719. The summed E-state index contributed by atoms with van der Waals surface area (Å²) in [5, 5.41) is 20.6. The number of phenols is 2. The van der Waals surface area contributed by atoms with Crippen LogP contribution < -0.4 is 0 Å². The molecule has 0 saturated heterocycles. The van der Waals surface area contributed by atoms with E-state index in [2.05, 4.69) is 38.1 Å². The molecule has 1 aliphatic rings. The van der Waals surface area contributed by atoms with Crippen LogP contribution in [0.2, 0.25) is 0 Å². The van der Waals surface area contributed by atoms with E-state index >= 15 is 0 Å². The zero-order valence-corrected chi connectivity index (χ0v) is 17.0. The van der Waals surface area contributed by atoms with Crippen molar-refractivity contribution in [2.45, 2.75) is 66.2 Å². The van der Waals surface area contributed by atoms with Gasteiger partial charge in [0.15, 0.2) is 0 Å². The molecule has 1 aliphatic carbocycles. The van der Waals surface area contributed by atoms with Crippen LogP contribution >= 0.6 is 0 Å². The van der Waals surface area contributed by atoms with E-state index in [0.29, 0.717) is 23.3 Å². The van der Waals surface area contributed by atoms with Gasteiger partial charge in [-0.3, -0.25) is 0 Å². The number of aromatic hydroxyl groups is 2. The van der Waals surface area contributed by atoms with Gasteiger partial charge in [0.05, 0.1) is 0 Å². The minimum atomic E-state index is -0.0926. The first kappa shape index (κ1) is 18.8. The van der Waals surface area contributed by atoms with Crippen LogP contribution in [0.5, 0.6) is 11.5 Å². The summed E-state index contributed by atoms with van der Waals surface area (Å²) in [5.74, 6) is 1.80. The Hall–Kier alpha value is -1.96. The van der Waals surface area contributed by atoms with E-state index in [1.54, 1.807) is 0 Å². The fraction of sp³-hybridized carbons (Fsp3) is 0.500. The van der Waals surface area contributed by atoms with Crippen molar-refractivity contribution >= 4 is 0 Å². The summed E-state index contributed by atoms with van der Waals surface area (Å²) in [6, 6.07) is 8.71. The van der Waals surface area contributed by atoms with Gasteiger partial charge in [-0.25, -0.2) is 0 Å². The molecule has 2 aromatic rings. The van der Waals surface area contributed by atoms with Gasteiger partial charge >= 0.3 is 0 Å². The first-order valence-corrected chi connectivity index (χ1v) is 9.81. The van der Waals surface area contributed by atoms with Crippen LogP contribution in [0, 0.1) is 39.5 Å². The zero-order chi connectivity index (χ0) is 19.2. The Morgan fingerprint density at radius 2 is 1.00 bits per heavy atom. The van der Waals surface area contributed by atoms with Gasteiger partial charge in [0.2, 0.25) is 0 Å². The van der Waals surface area contributed by atoms with Gasteiger partial charge in [-0.05, 0) is 85.8 Å². The Labute approximate surface area is 157 Å². The van der Waals surface area contributed by atoms with Crippen LogP contribution in [-0.4, -0.2) is 10.2 Å². The maximum atomic E-state index is 10.3. The second-order valence-electron chi connectivity index (χ2n) is 8.52. The number of rotatable bonds is 2. The maximum absolute atomic E-state index is 10.3. The van der Waals surface area contributed by atoms with E-state index in [1.165, 1.54) is 30.4 Å². The second-order valence-corrected chi connectivity index (χ2v) is 8.52. The van der Waals surface area contributed by atoms with Crippen molar-refractivity contribution in [2.75, 3.05) is 0 Å². The van der Waals surface area contributed by atoms with Crippen molar-refractivity contribution in [3.05, 3.63) is 57.6 Å². The molecule has 2 N–H and O–H groups in total. The standard InChI is InChI=1S/C24H32O2/c1-14-10-20(11-15(2)22(14)25)24(18(5)8-7-9-19(24)6)21-12-16(3)23(26)17(4)13-21/h10-13,18-19,25-26H,7-9H2,1-6H3. The van der Waals surface area contributed by atoms with Crippen LogP contribution in [0.3, 0.4) is 0 Å². The van der Waals surface area contributed by atoms with Gasteiger partial charge in [-0.15, -0.1) is 0 Å². The summed E-state index contributed by atoms with van der Waals surface area (Å²) < 4.78 is 0. The number of hydrogen-bond acceptors (Lipinski definition) is 2. The molecule has 0 spiro atoms. The molecule has 0 aromatic heterocycles. The lowest BCUT2D eigenvalue weighted by Crippen LogP contribution is -2.44. The lowest BCUT2D eigenvalue weighted by atomic mass is 9.54. The first-order chi connectivity index (χ1) is 12.2. The van der Waals surface area contributed by atoms with Gasteiger partial charge in [0.1, 0.15) is 11.5 Å². The first-order valence-electron chi connectivity index (χ1n) is 9.81. The molecule has 3 rings (SSSR count). The Morgan fingerprint density at radius 1 is 0.692 bits per heavy atom. The summed E-state index contributed by atoms with van der Waals surface area (Å²) in [6.07, 6.45) is 3.65. The van der Waals surface area contributed by atoms with Crippen LogP contribution in [0.25, 0.3) is 0 Å². The van der Waals surface area contributed by atoms with E-state index < -0.39 is 0 Å². The molecule has 0 amide bonds. The van der Waals surface area contributed by atoms with E-state index in [4.69, 9.17) is 0 Å². The lowest BCUT2D eigenvalue weighted by Gasteiger charge is -2.49. The Morgan fingerprint density at radius 3 is 1.31 bits per heavy atom. The number of benzene rings is 2. The third kappa shape index (κ3) is 2.71. The van der Waals surface area contributed by atoms with Gasteiger partial charge in [0, 0.05) is 5.41 Å². The topological polar surface area (TPSA) is 40.5 Å². The molecule has 1 fully saturated rings. The minimum Gasteiger partial charge on any atom is -0.507 e. The SMILES string of the molecule is Cc1cc(C2(c3cc(C)c(O)c(C)c3)C(C)CCCC2C)cc(C)c1O. The highest BCUT2D eigenvalue weighted by Crippen LogP contribution is 2.53. The quantitative estimate of drug-likeness (QED) is 0.688. The van der Waals surface area contributed by atoms with Gasteiger partial charge in [-0.1, -0.05) is 44.5 Å². The van der Waals surface area contributed by atoms with E-state index in [0.717, 1.165) is 22.3 Å². The zero-order valence-electron chi connectivity index (χ0n) is 17.0. The summed E-state index contributed by atoms with van der Waals surface area (Å²) in [7, 11) is 0. The van der Waals surface area contributed by atoms with Crippen molar-refractivity contribution in [1.29, 1.82) is 0 Å². The second kappa shape index (κ2) is 6.64. The van der Waals surface area contributed by atoms with Gasteiger partial charge < -0.3 is 10.2 Å². The molecule has 0 heterocycles. The van der Waals surface area contributed by atoms with Crippen LogP contribution in [0.1, 0.15) is 66.5 Å². The molecule has 0 radical (unpaired) electrons. The molecule has 2 nitrogen and oxygen atoms in total. The third-order valence-electron chi connectivity index (χ3n) is 6.77. The molecule has 2 heteroatoms. The Balaban J connectivity index is 2.35. The summed E-state index contributed by atoms with van der Waals surface area (Å²) in [5.41, 5.74) is 6.27. The average Bonchev–Trinajstić information content (AvgIpc) is 2.57. The largest absolute Gasteiger partial charge is 0.507 e. The van der Waals surface area contributed by atoms with Crippen molar-refractivity contribution < 1.29 is 10.2 Å². The highest BCUT2D eigenvalue weighted by molar-refractivity contribution is 5.53. The molecule has 2 aromatic carbocycles.